The summed E-state index contributed by atoms with van der Waals surface area (Å²) in [5.41, 5.74) is 9.36. The van der Waals surface area contributed by atoms with Crippen LogP contribution >= 0.6 is 0 Å². The van der Waals surface area contributed by atoms with E-state index in [0.717, 1.165) is 11.0 Å². The molecule has 0 amide bonds. The maximum Gasteiger partial charge on any atom is 0.231 e. The summed E-state index contributed by atoms with van der Waals surface area (Å²) in [5.74, 6) is 5.61. The van der Waals surface area contributed by atoms with Gasteiger partial charge in [0.25, 0.3) is 0 Å². The topological polar surface area (TPSA) is 105 Å². The Kier molecular flexibility index (Phi) is 2.04. The van der Waals surface area contributed by atoms with Crippen LogP contribution in [0.3, 0.4) is 0 Å². The Morgan fingerprint density at radius 1 is 1.43 bits per heavy atom. The van der Waals surface area contributed by atoms with Crippen LogP contribution in [0.15, 0.2) is 29.3 Å². The van der Waals surface area contributed by atoms with Crippen LogP contribution in [0.2, 0.25) is 0 Å². The van der Waals surface area contributed by atoms with Crippen molar-refractivity contribution in [1.29, 1.82) is 0 Å². The molecule has 72 valence electrons. The zero-order valence-corrected chi connectivity index (χ0v) is 7.36. The van der Waals surface area contributed by atoms with Crippen molar-refractivity contribution in [2.24, 2.45) is 16.6 Å². The van der Waals surface area contributed by atoms with Gasteiger partial charge in [0.2, 0.25) is 11.9 Å². The van der Waals surface area contributed by atoms with Crippen LogP contribution < -0.4 is 17.0 Å². The average Bonchev–Trinajstić information content (AvgIpc) is 2.59. The molecule has 2 rings (SSSR count). The van der Waals surface area contributed by atoms with Gasteiger partial charge in [-0.15, -0.1) is 0 Å². The molecule has 0 bridgehead atoms. The first-order chi connectivity index (χ1) is 6.79. The van der Waals surface area contributed by atoms with Crippen molar-refractivity contribution in [3.05, 3.63) is 24.3 Å². The zero-order valence-electron chi connectivity index (χ0n) is 7.36. The normalized spacial score (nSPS) is 11.9. The second kappa shape index (κ2) is 3.35. The number of nitrogens with zero attached hydrogens (tertiary/aromatic N) is 2. The molecule has 0 aliphatic rings. The first-order valence-electron chi connectivity index (χ1n) is 4.05. The minimum atomic E-state index is 0.115. The van der Waals surface area contributed by atoms with E-state index in [9.17, 15) is 0 Å². The Morgan fingerprint density at radius 3 is 2.93 bits per heavy atom. The molecule has 0 saturated heterocycles. The molecule has 0 saturated carbocycles. The molecule has 1 heterocycles. The maximum absolute atomic E-state index is 5.38. The molecular formula is C8H10N6. The molecular weight excluding hydrogens is 180 g/mol. The van der Waals surface area contributed by atoms with Crippen LogP contribution in [0.25, 0.3) is 11.0 Å². The van der Waals surface area contributed by atoms with Crippen molar-refractivity contribution in [2.45, 2.75) is 0 Å². The van der Waals surface area contributed by atoms with Gasteiger partial charge in [-0.05, 0) is 12.1 Å². The Hall–Kier alpha value is -2.08. The van der Waals surface area contributed by atoms with Gasteiger partial charge in [-0.3, -0.25) is 5.43 Å². The van der Waals surface area contributed by atoms with Gasteiger partial charge in [-0.2, -0.15) is 4.99 Å². The quantitative estimate of drug-likeness (QED) is 0.219. The highest BCUT2D eigenvalue weighted by atomic mass is 15.3. The molecule has 1 aromatic carbocycles. The van der Waals surface area contributed by atoms with E-state index in [0.29, 0.717) is 5.95 Å². The predicted octanol–water partition coefficient (Wildman–Crippen LogP) is -0.0276. The molecule has 2 aromatic rings. The van der Waals surface area contributed by atoms with Crippen LogP contribution in [0.1, 0.15) is 0 Å². The lowest BCUT2D eigenvalue weighted by Crippen LogP contribution is -2.36. The van der Waals surface area contributed by atoms with E-state index in [1.165, 1.54) is 0 Å². The lowest BCUT2D eigenvalue weighted by Gasteiger charge is -1.93. The second-order valence-corrected chi connectivity index (χ2v) is 2.72. The third-order valence-electron chi connectivity index (χ3n) is 1.75. The lowest BCUT2D eigenvalue weighted by atomic mass is 10.3. The molecule has 0 radical (unpaired) electrons. The van der Waals surface area contributed by atoms with E-state index in [2.05, 4.69) is 20.4 Å². The number of H-pyrrole nitrogens is 1. The molecule has 6 nitrogen and oxygen atoms in total. The maximum atomic E-state index is 5.38. The van der Waals surface area contributed by atoms with Crippen molar-refractivity contribution >= 4 is 22.9 Å². The molecule has 0 atom stereocenters. The second-order valence-electron chi connectivity index (χ2n) is 2.72. The molecule has 6 N–H and O–H groups in total. The molecule has 0 fully saturated rings. The number of hydrogen-bond donors (Lipinski definition) is 4. The first-order valence-corrected chi connectivity index (χ1v) is 4.05. The number of nitrogens with one attached hydrogen (secondary N) is 2. The summed E-state index contributed by atoms with van der Waals surface area (Å²) in [6.45, 7) is 0. The van der Waals surface area contributed by atoms with E-state index < -0.39 is 0 Å². The summed E-state index contributed by atoms with van der Waals surface area (Å²) in [5, 5.41) is 0. The molecule has 0 unspecified atom stereocenters. The van der Waals surface area contributed by atoms with Gasteiger partial charge >= 0.3 is 0 Å². The number of hydrogen-bond acceptors (Lipinski definition) is 3. The fraction of sp³-hybridized carbons (Fsp3) is 0. The smallest absolute Gasteiger partial charge is 0.231 e. The Balaban J connectivity index is 2.45. The highest BCUT2D eigenvalue weighted by molar-refractivity contribution is 5.82. The number of fused-ring (bicyclic) bond motifs is 1. The number of benzene rings is 1. The van der Waals surface area contributed by atoms with E-state index in [1.54, 1.807) is 0 Å². The number of aliphatic imine (C=N–C) groups is 1. The Morgan fingerprint density at radius 2 is 2.21 bits per heavy atom. The first kappa shape index (κ1) is 8.52. The van der Waals surface area contributed by atoms with E-state index >= 15 is 0 Å². The van der Waals surface area contributed by atoms with Crippen molar-refractivity contribution in [2.75, 3.05) is 0 Å². The molecule has 14 heavy (non-hydrogen) atoms. The highest BCUT2D eigenvalue weighted by Crippen LogP contribution is 2.14. The third kappa shape index (κ3) is 1.50. The minimum Gasteiger partial charge on any atom is -0.368 e. The number of aromatic nitrogens is 2. The van der Waals surface area contributed by atoms with Crippen molar-refractivity contribution in [1.82, 2.24) is 15.4 Å². The Bertz CT molecular complexity index is 438. The van der Waals surface area contributed by atoms with Crippen LogP contribution in [-0.4, -0.2) is 15.9 Å². The van der Waals surface area contributed by atoms with Gasteiger partial charge in [0.15, 0.2) is 0 Å². The van der Waals surface area contributed by atoms with Crippen molar-refractivity contribution < 1.29 is 0 Å². The number of rotatable bonds is 1. The van der Waals surface area contributed by atoms with E-state index in [1.807, 2.05) is 24.3 Å². The molecule has 1 aromatic heterocycles. The number of imidazole rings is 1. The lowest BCUT2D eigenvalue weighted by molar-refractivity contribution is 1.00. The van der Waals surface area contributed by atoms with Gasteiger partial charge < -0.3 is 10.7 Å². The fourth-order valence-electron chi connectivity index (χ4n) is 1.14. The minimum absolute atomic E-state index is 0.115. The zero-order chi connectivity index (χ0) is 9.97. The number of aromatic amines is 1. The van der Waals surface area contributed by atoms with Gasteiger partial charge in [-0.25, -0.2) is 10.8 Å². The van der Waals surface area contributed by atoms with Crippen LogP contribution in [-0.2, 0) is 0 Å². The number of para-hydroxylation sites is 2. The highest BCUT2D eigenvalue weighted by Gasteiger charge is 1.99. The monoisotopic (exact) mass is 190 g/mol. The van der Waals surface area contributed by atoms with Gasteiger partial charge in [0.1, 0.15) is 0 Å². The molecule has 0 aliphatic heterocycles. The van der Waals surface area contributed by atoms with Gasteiger partial charge in [0, 0.05) is 0 Å². The summed E-state index contributed by atoms with van der Waals surface area (Å²) in [4.78, 5) is 11.1. The van der Waals surface area contributed by atoms with Crippen molar-refractivity contribution in [3.63, 3.8) is 0 Å². The van der Waals surface area contributed by atoms with Crippen LogP contribution in [0.5, 0.6) is 0 Å². The SMILES string of the molecule is NN/C(N)=N/c1nc2ccccc2[nH]1. The number of guanidine groups is 1. The van der Waals surface area contributed by atoms with Crippen molar-refractivity contribution in [3.8, 4) is 0 Å². The summed E-state index contributed by atoms with van der Waals surface area (Å²) in [6.07, 6.45) is 0. The summed E-state index contributed by atoms with van der Waals surface area (Å²) in [7, 11) is 0. The Labute approximate surface area is 80.0 Å². The molecule has 6 heteroatoms. The number of nitrogens with two attached hydrogens (primary N) is 2. The summed E-state index contributed by atoms with van der Waals surface area (Å²) >= 11 is 0. The van der Waals surface area contributed by atoms with Gasteiger partial charge in [0.05, 0.1) is 11.0 Å². The largest absolute Gasteiger partial charge is 0.368 e. The van der Waals surface area contributed by atoms with Crippen LogP contribution in [0, 0.1) is 0 Å². The molecule has 0 aliphatic carbocycles. The predicted molar refractivity (Wildman–Crippen MR) is 54.7 cm³/mol. The van der Waals surface area contributed by atoms with Gasteiger partial charge in [-0.1, -0.05) is 12.1 Å². The summed E-state index contributed by atoms with van der Waals surface area (Å²) in [6, 6.07) is 7.62. The number of hydrazine groups is 1. The fourth-order valence-corrected chi connectivity index (χ4v) is 1.14. The standard InChI is InChI=1S/C8H10N6/c9-7(14-10)13-8-11-5-3-1-2-4-6(5)12-8/h1-4H,10H2,(H4,9,11,12,13,14). The van der Waals surface area contributed by atoms with E-state index in [4.69, 9.17) is 11.6 Å². The molecule has 0 spiro atoms. The summed E-state index contributed by atoms with van der Waals surface area (Å²) < 4.78 is 0. The third-order valence-corrected chi connectivity index (χ3v) is 1.75. The van der Waals surface area contributed by atoms with Crippen LogP contribution in [0.4, 0.5) is 5.95 Å². The van der Waals surface area contributed by atoms with E-state index in [-0.39, 0.29) is 5.96 Å². The average molecular weight is 190 g/mol.